The number of primary amides is 1. The summed E-state index contributed by atoms with van der Waals surface area (Å²) in [5.74, 6) is -11.8. The van der Waals surface area contributed by atoms with Crippen molar-refractivity contribution in [2.24, 2.45) is 29.4 Å². The van der Waals surface area contributed by atoms with Crippen LogP contribution in [0.4, 0.5) is 11.4 Å². The molecule has 2 amide bonds. The number of benzene rings is 1. The second-order valence-corrected chi connectivity index (χ2v) is 10.9. The van der Waals surface area contributed by atoms with Gasteiger partial charge in [0.15, 0.2) is 34.7 Å². The van der Waals surface area contributed by atoms with Gasteiger partial charge in [-0.3, -0.25) is 33.7 Å². The fourth-order valence-electron chi connectivity index (χ4n) is 6.50. The Morgan fingerprint density at radius 2 is 1.77 bits per heavy atom. The van der Waals surface area contributed by atoms with Crippen LogP contribution in [-0.4, -0.2) is 103 Å². The summed E-state index contributed by atoms with van der Waals surface area (Å²) in [5, 5.41) is 28.0. The van der Waals surface area contributed by atoms with E-state index < -0.39 is 76.0 Å². The number of nitrogens with one attached hydrogen (secondary N) is 2. The van der Waals surface area contributed by atoms with E-state index in [2.05, 4.69) is 10.6 Å². The van der Waals surface area contributed by atoms with Crippen molar-refractivity contribution < 1.29 is 39.0 Å². The van der Waals surface area contributed by atoms with Crippen molar-refractivity contribution in [1.29, 1.82) is 0 Å². The largest absolute Gasteiger partial charge is 0.505 e. The number of nitrogens with two attached hydrogens (primary N) is 1. The molecule has 0 aromatic heterocycles. The fraction of sp³-hybridized carbons (Fsp3) is 0.538. The molecule has 4 unspecified atom stereocenters. The first-order chi connectivity index (χ1) is 18.2. The van der Waals surface area contributed by atoms with Crippen molar-refractivity contribution in [3.63, 3.8) is 0 Å². The number of ketones is 4. The number of fused-ring (bicyclic) bond motifs is 3. The Hall–Kier alpha value is -3.68. The molecule has 2 fully saturated rings. The van der Waals surface area contributed by atoms with Crippen LogP contribution >= 0.6 is 0 Å². The van der Waals surface area contributed by atoms with Gasteiger partial charge in [0.2, 0.25) is 11.8 Å². The average Bonchev–Trinajstić information content (AvgIpc) is 2.82. The van der Waals surface area contributed by atoms with E-state index in [9.17, 15) is 39.0 Å². The number of carbonyl (C=O) groups is 6. The molecule has 1 aromatic rings. The third-order valence-corrected chi connectivity index (χ3v) is 8.13. The Labute approximate surface area is 224 Å². The summed E-state index contributed by atoms with van der Waals surface area (Å²) in [7, 11) is 8.06. The number of rotatable bonds is 6. The highest BCUT2D eigenvalue weighted by Crippen LogP contribution is 2.52. The molecule has 0 bridgehead atoms. The Bertz CT molecular complexity index is 1310. The number of phenolic OH excluding ortho intramolecular Hbond substituents is 1. The molecule has 0 saturated heterocycles. The van der Waals surface area contributed by atoms with Crippen molar-refractivity contribution in [3.05, 3.63) is 17.2 Å². The van der Waals surface area contributed by atoms with Crippen molar-refractivity contribution in [1.82, 2.24) is 10.2 Å². The first-order valence-electron chi connectivity index (χ1n) is 12.5. The lowest BCUT2D eigenvalue weighted by Gasteiger charge is -2.52. The minimum Gasteiger partial charge on any atom is -0.505 e. The molecule has 1 aromatic carbocycles. The molecule has 13 nitrogen and oxygen atoms in total. The standard InChI is InChI=1S/C26H33N5O8/c1-28-9-15(32)29-13-8-14(30(2)3)11-6-10-7-12-19(31(4)5)22(35)18(25(27)38)24(37)26(12,39)23(36)16(10)21(34)17(11)20(13)33/h8,10,12,16,18-19,28,33,39H,6-7,9H2,1-5H3,(H2,27,38)(H,29,32)/t10?,12?,16?,18?,19-,26-/m0/s1. The Morgan fingerprint density at radius 3 is 2.31 bits per heavy atom. The van der Waals surface area contributed by atoms with Crippen LogP contribution in [0, 0.1) is 23.7 Å². The number of carbonyl (C=O) groups excluding carboxylic acids is 6. The molecule has 0 heterocycles. The van der Waals surface area contributed by atoms with Gasteiger partial charge in [-0.05, 0) is 51.5 Å². The van der Waals surface area contributed by atoms with Crippen LogP contribution in [-0.2, 0) is 30.4 Å². The molecule has 39 heavy (non-hydrogen) atoms. The molecule has 3 aliphatic carbocycles. The second-order valence-electron chi connectivity index (χ2n) is 10.9. The molecule has 0 aliphatic heterocycles. The zero-order valence-electron chi connectivity index (χ0n) is 22.4. The van der Waals surface area contributed by atoms with Crippen LogP contribution in [0.25, 0.3) is 0 Å². The third kappa shape index (κ3) is 4.12. The molecule has 6 N–H and O–H groups in total. The molecular formula is C26H33N5O8. The van der Waals surface area contributed by atoms with E-state index in [1.807, 2.05) is 0 Å². The predicted octanol–water partition coefficient (Wildman–Crippen LogP) is -1.91. The highest BCUT2D eigenvalue weighted by Gasteiger charge is 2.69. The molecule has 2 saturated carbocycles. The topological polar surface area (TPSA) is 199 Å². The summed E-state index contributed by atoms with van der Waals surface area (Å²) in [4.78, 5) is 81.8. The van der Waals surface area contributed by atoms with Gasteiger partial charge in [0.05, 0.1) is 29.8 Å². The number of amides is 2. The van der Waals surface area contributed by atoms with Gasteiger partial charge >= 0.3 is 0 Å². The van der Waals surface area contributed by atoms with Crippen LogP contribution in [0.15, 0.2) is 6.07 Å². The first-order valence-corrected chi connectivity index (χ1v) is 12.5. The van der Waals surface area contributed by atoms with Gasteiger partial charge in [-0.15, -0.1) is 0 Å². The monoisotopic (exact) mass is 543 g/mol. The lowest BCUT2D eigenvalue weighted by Crippen LogP contribution is -2.74. The zero-order chi connectivity index (χ0) is 29.1. The van der Waals surface area contributed by atoms with Crippen molar-refractivity contribution >= 4 is 46.3 Å². The number of likely N-dealkylation sites (N-methyl/N-ethyl adjacent to an activating group) is 2. The number of phenols is 1. The number of hydrogen-bond acceptors (Lipinski definition) is 11. The maximum absolute atomic E-state index is 13.9. The molecule has 6 atom stereocenters. The summed E-state index contributed by atoms with van der Waals surface area (Å²) in [5.41, 5.74) is 3.28. The van der Waals surface area contributed by atoms with E-state index in [-0.39, 0.29) is 30.6 Å². The Balaban J connectivity index is 1.87. The van der Waals surface area contributed by atoms with E-state index in [4.69, 9.17) is 5.73 Å². The summed E-state index contributed by atoms with van der Waals surface area (Å²) in [6, 6.07) is 0.363. The normalized spacial score (nSPS) is 30.0. The van der Waals surface area contributed by atoms with Crippen molar-refractivity contribution in [2.75, 3.05) is 52.0 Å². The van der Waals surface area contributed by atoms with Crippen LogP contribution in [0.5, 0.6) is 5.75 Å². The van der Waals surface area contributed by atoms with E-state index in [0.717, 1.165) is 0 Å². The van der Waals surface area contributed by atoms with Crippen LogP contribution < -0.4 is 21.3 Å². The predicted molar refractivity (Wildman–Crippen MR) is 138 cm³/mol. The summed E-state index contributed by atoms with van der Waals surface area (Å²) in [6.07, 6.45) is 0.0792. The summed E-state index contributed by atoms with van der Waals surface area (Å²) in [6.45, 7) is -0.0612. The molecule has 4 rings (SSSR count). The number of hydrogen-bond donors (Lipinski definition) is 5. The van der Waals surface area contributed by atoms with Gasteiger partial charge in [0, 0.05) is 25.7 Å². The summed E-state index contributed by atoms with van der Waals surface area (Å²) < 4.78 is 0. The number of nitrogens with zero attached hydrogens (tertiary/aromatic N) is 2. The first kappa shape index (κ1) is 28.3. The minimum absolute atomic E-state index is 0.0369. The van der Waals surface area contributed by atoms with Gasteiger partial charge in [-0.2, -0.15) is 0 Å². The number of anilines is 2. The fourth-order valence-corrected chi connectivity index (χ4v) is 6.50. The second kappa shape index (κ2) is 9.81. The van der Waals surface area contributed by atoms with Gasteiger partial charge in [0.1, 0.15) is 5.75 Å². The van der Waals surface area contributed by atoms with Crippen LogP contribution in [0.3, 0.4) is 0 Å². The quantitative estimate of drug-likeness (QED) is 0.198. The maximum Gasteiger partial charge on any atom is 0.238 e. The summed E-state index contributed by atoms with van der Waals surface area (Å²) >= 11 is 0. The number of aliphatic hydroxyl groups is 1. The molecule has 13 heteroatoms. The third-order valence-electron chi connectivity index (χ3n) is 8.13. The number of Topliss-reactive ketones (excluding diaryl/α,β-unsaturated/α-hetero) is 4. The minimum atomic E-state index is -2.80. The van der Waals surface area contributed by atoms with Gasteiger partial charge in [-0.25, -0.2) is 0 Å². The SMILES string of the molecule is CNCC(=O)Nc1cc(N(C)C)c2c(c1O)C(=O)C1C(=O)[C@]3(O)C(=O)C(C(N)=O)C(=O)[C@@H](N(C)C)C3CC1C2. The number of aromatic hydroxyl groups is 1. The molecular weight excluding hydrogens is 510 g/mol. The van der Waals surface area contributed by atoms with E-state index >= 15 is 0 Å². The van der Waals surface area contributed by atoms with Crippen molar-refractivity contribution in [3.8, 4) is 5.75 Å². The van der Waals surface area contributed by atoms with Gasteiger partial charge < -0.3 is 31.5 Å². The highest BCUT2D eigenvalue weighted by molar-refractivity contribution is 6.32. The molecule has 3 aliphatic rings. The van der Waals surface area contributed by atoms with E-state index in [0.29, 0.717) is 11.3 Å². The van der Waals surface area contributed by atoms with Gasteiger partial charge in [0.25, 0.3) is 0 Å². The van der Waals surface area contributed by atoms with Crippen LogP contribution in [0.2, 0.25) is 0 Å². The molecule has 0 spiro atoms. The van der Waals surface area contributed by atoms with Gasteiger partial charge in [-0.1, -0.05) is 0 Å². The van der Waals surface area contributed by atoms with E-state index in [1.54, 1.807) is 26.0 Å². The van der Waals surface area contributed by atoms with Crippen LogP contribution in [0.1, 0.15) is 22.3 Å². The maximum atomic E-state index is 13.9. The average molecular weight is 544 g/mol. The lowest BCUT2D eigenvalue weighted by atomic mass is 9.52. The zero-order valence-corrected chi connectivity index (χ0v) is 22.4. The Morgan fingerprint density at radius 1 is 1.13 bits per heavy atom. The van der Waals surface area contributed by atoms with E-state index in [1.165, 1.54) is 25.1 Å². The highest BCUT2D eigenvalue weighted by atomic mass is 16.3. The molecule has 210 valence electrons. The smallest absolute Gasteiger partial charge is 0.238 e. The Kier molecular flexibility index (Phi) is 7.13. The molecule has 0 radical (unpaired) electrons. The lowest BCUT2D eigenvalue weighted by molar-refractivity contribution is -0.181. The van der Waals surface area contributed by atoms with Crippen molar-refractivity contribution in [2.45, 2.75) is 24.5 Å².